The average molecular weight is 657 g/mol. The third-order valence-electron chi connectivity index (χ3n) is 8.53. The molecule has 0 fully saturated rings. The summed E-state index contributed by atoms with van der Waals surface area (Å²) >= 11 is 5.16. The Bertz CT molecular complexity index is 1510. The van der Waals surface area contributed by atoms with Gasteiger partial charge in [0.25, 0.3) is 5.91 Å². The van der Waals surface area contributed by atoms with Crippen LogP contribution in [0.3, 0.4) is 0 Å². The molecule has 1 amide bonds. The van der Waals surface area contributed by atoms with Crippen molar-refractivity contribution in [2.24, 2.45) is 10.9 Å². The van der Waals surface area contributed by atoms with E-state index in [4.69, 9.17) is 14.2 Å². The first kappa shape index (κ1) is 29.8. The number of halogens is 2. The van der Waals surface area contributed by atoms with Gasteiger partial charge in [-0.1, -0.05) is 50.7 Å². The first-order valence-corrected chi connectivity index (χ1v) is 18.3. The fourth-order valence-corrected chi connectivity index (χ4v) is 7.89. The van der Waals surface area contributed by atoms with Gasteiger partial charge in [-0.3, -0.25) is 4.79 Å². The summed E-state index contributed by atoms with van der Waals surface area (Å²) in [5.41, 5.74) is 1.98. The van der Waals surface area contributed by atoms with Crippen molar-refractivity contribution in [3.05, 3.63) is 87.3 Å². The monoisotopic (exact) mass is 655 g/mol. The van der Waals surface area contributed by atoms with Crippen molar-refractivity contribution < 1.29 is 18.3 Å². The molecule has 0 radical (unpaired) electrons. The molecule has 5 rings (SSSR count). The molecule has 216 valence electrons. The fraction of sp³-hybridized carbons (Fsp3) is 0.387. The number of aliphatic imine (C=N–C) groups is 1. The minimum atomic E-state index is -2.19. The lowest BCUT2D eigenvalue weighted by Crippen LogP contribution is -2.48. The maximum Gasteiger partial charge on any atom is 0.257 e. The molecule has 41 heavy (non-hydrogen) atoms. The van der Waals surface area contributed by atoms with Crippen LogP contribution in [0.1, 0.15) is 47.8 Å². The van der Waals surface area contributed by atoms with E-state index in [1.165, 1.54) is 17.8 Å². The third-order valence-corrected chi connectivity index (χ3v) is 14.6. The Balaban J connectivity index is 1.65. The van der Waals surface area contributed by atoms with E-state index in [0.717, 1.165) is 15.6 Å². The van der Waals surface area contributed by atoms with Crippen LogP contribution in [0.25, 0.3) is 0 Å². The second-order valence-electron chi connectivity index (χ2n) is 12.1. The van der Waals surface area contributed by atoms with Gasteiger partial charge in [0, 0.05) is 45.5 Å². The summed E-state index contributed by atoms with van der Waals surface area (Å²) in [5, 5.41) is 3.44. The number of thioether (sulfide) groups is 1. The number of amidine groups is 1. The molecule has 10 heteroatoms. The summed E-state index contributed by atoms with van der Waals surface area (Å²) in [4.78, 5) is 22.8. The molecule has 2 atom stereocenters. The zero-order valence-electron chi connectivity index (χ0n) is 24.2. The minimum absolute atomic E-state index is 0.0218. The lowest BCUT2D eigenvalue weighted by molar-refractivity contribution is 0.0977. The zero-order valence-corrected chi connectivity index (χ0v) is 27.6. The molecule has 2 aromatic carbocycles. The van der Waals surface area contributed by atoms with Gasteiger partial charge in [0.2, 0.25) is 14.2 Å². The van der Waals surface area contributed by atoms with Crippen molar-refractivity contribution in [1.82, 2.24) is 10.3 Å². The summed E-state index contributed by atoms with van der Waals surface area (Å²) < 4.78 is 29.2. The van der Waals surface area contributed by atoms with Crippen molar-refractivity contribution >= 4 is 47.1 Å². The largest absolute Gasteiger partial charge is 0.543 e. The molecule has 2 aliphatic rings. The lowest BCUT2D eigenvalue weighted by Gasteiger charge is -2.45. The smallest absolute Gasteiger partial charge is 0.257 e. The summed E-state index contributed by atoms with van der Waals surface area (Å²) in [6, 6.07) is 14.0. The topological polar surface area (TPSA) is 72.8 Å². The number of hydrogen-bond acceptors (Lipinski definition) is 6. The second kappa shape index (κ2) is 11.2. The van der Waals surface area contributed by atoms with Crippen LogP contribution in [0.5, 0.6) is 11.6 Å². The Labute approximate surface area is 254 Å². The van der Waals surface area contributed by atoms with E-state index in [1.54, 1.807) is 31.5 Å². The maximum atomic E-state index is 16.0. The van der Waals surface area contributed by atoms with Gasteiger partial charge in [0.05, 0.1) is 12.6 Å². The highest BCUT2D eigenvalue weighted by Crippen LogP contribution is 2.52. The van der Waals surface area contributed by atoms with E-state index in [-0.39, 0.29) is 22.7 Å². The van der Waals surface area contributed by atoms with Gasteiger partial charge in [0.1, 0.15) is 11.6 Å². The number of fused-ring (bicyclic) bond motifs is 2. The number of amides is 1. The molecule has 0 saturated heterocycles. The van der Waals surface area contributed by atoms with Crippen LogP contribution in [-0.4, -0.2) is 37.2 Å². The highest BCUT2D eigenvalue weighted by Gasteiger charge is 2.50. The van der Waals surface area contributed by atoms with Crippen LogP contribution in [0.2, 0.25) is 18.1 Å². The summed E-state index contributed by atoms with van der Waals surface area (Å²) in [6.45, 7) is 10.9. The van der Waals surface area contributed by atoms with Crippen LogP contribution >= 0.6 is 27.7 Å². The quantitative estimate of drug-likeness (QED) is 0.288. The van der Waals surface area contributed by atoms with Gasteiger partial charge in [0.15, 0.2) is 5.17 Å². The number of carbonyl (C=O) groups excluding carboxylic acids is 1. The Morgan fingerprint density at radius 3 is 2.59 bits per heavy atom. The molecule has 0 unspecified atom stereocenters. The summed E-state index contributed by atoms with van der Waals surface area (Å²) in [7, 11) is -0.597. The van der Waals surface area contributed by atoms with E-state index in [9.17, 15) is 4.79 Å². The SMILES string of the molecule is COc1ncc(Br)c2c1C[C@]1(c3cc(O[Si](C)(C)C(C)(C)C)ccc3F)N=C(NC(=O)c3ccccc3)SC[C@@H]1C2. The number of methoxy groups -OCH3 is 1. The molecule has 1 N–H and O–H groups in total. The Morgan fingerprint density at radius 1 is 1.17 bits per heavy atom. The number of aromatic nitrogens is 1. The lowest BCUT2D eigenvalue weighted by atomic mass is 9.67. The highest BCUT2D eigenvalue weighted by molar-refractivity contribution is 9.10. The molecule has 3 aromatic rings. The first-order chi connectivity index (χ1) is 19.3. The first-order valence-electron chi connectivity index (χ1n) is 13.6. The van der Waals surface area contributed by atoms with Gasteiger partial charge >= 0.3 is 0 Å². The molecule has 0 saturated carbocycles. The van der Waals surface area contributed by atoms with Crippen molar-refractivity contribution in [3.8, 4) is 11.6 Å². The third kappa shape index (κ3) is 5.70. The highest BCUT2D eigenvalue weighted by atomic mass is 79.9. The summed E-state index contributed by atoms with van der Waals surface area (Å²) in [6.07, 6.45) is 2.77. The predicted octanol–water partition coefficient (Wildman–Crippen LogP) is 7.52. The molecule has 1 aliphatic carbocycles. The number of hydrogen-bond donors (Lipinski definition) is 1. The van der Waals surface area contributed by atoms with E-state index in [1.807, 2.05) is 24.3 Å². The number of pyridine rings is 1. The maximum absolute atomic E-state index is 16.0. The van der Waals surface area contributed by atoms with Crippen LogP contribution < -0.4 is 14.5 Å². The van der Waals surface area contributed by atoms with Gasteiger partial charge in [-0.05, 0) is 76.4 Å². The molecular weight excluding hydrogens is 621 g/mol. The van der Waals surface area contributed by atoms with Crippen molar-refractivity contribution in [1.29, 1.82) is 0 Å². The van der Waals surface area contributed by atoms with Crippen LogP contribution in [0.15, 0.2) is 64.2 Å². The molecule has 6 nitrogen and oxygen atoms in total. The molecule has 0 spiro atoms. The predicted molar refractivity (Wildman–Crippen MR) is 169 cm³/mol. The molecular formula is C31H35BrFN3O3SSi. The van der Waals surface area contributed by atoms with Crippen LogP contribution in [0.4, 0.5) is 4.39 Å². The Morgan fingerprint density at radius 2 is 1.90 bits per heavy atom. The van der Waals surface area contributed by atoms with E-state index < -0.39 is 13.9 Å². The van der Waals surface area contributed by atoms with Crippen LogP contribution in [0, 0.1) is 11.7 Å². The standard InChI is InChI=1S/C31H35BrFN3O3SSi/c1-30(2,3)41(5,6)39-21-12-13-26(33)24(15-21)31-16-23-22(25(32)17-34-28(23)38-4)14-20(31)18-40-29(36-31)35-27(37)19-10-8-7-9-11-19/h7-13,15,17,20H,14,16,18H2,1-6H3,(H,35,36,37)/t20-,31-/m0/s1. The van der Waals surface area contributed by atoms with Gasteiger partial charge < -0.3 is 14.5 Å². The number of nitrogens with zero attached hydrogens (tertiary/aromatic N) is 2. The average Bonchev–Trinajstić information content (AvgIpc) is 2.93. The number of benzene rings is 2. The van der Waals surface area contributed by atoms with Crippen LogP contribution in [-0.2, 0) is 18.4 Å². The summed E-state index contributed by atoms with van der Waals surface area (Å²) in [5.74, 6) is 1.13. The molecule has 1 aliphatic heterocycles. The van der Waals surface area contributed by atoms with Gasteiger partial charge in [-0.15, -0.1) is 0 Å². The van der Waals surface area contributed by atoms with Gasteiger partial charge in [-0.2, -0.15) is 0 Å². The number of nitrogens with one attached hydrogen (secondary N) is 1. The fourth-order valence-electron chi connectivity index (χ4n) is 5.22. The Hall–Kier alpha value is -2.69. The Kier molecular flexibility index (Phi) is 8.13. The number of carbonyl (C=O) groups is 1. The number of rotatable bonds is 5. The van der Waals surface area contributed by atoms with E-state index in [0.29, 0.717) is 46.5 Å². The molecule has 1 aromatic heterocycles. The zero-order chi connectivity index (χ0) is 29.6. The normalized spacial score (nSPS) is 20.4. The van der Waals surface area contributed by atoms with E-state index >= 15 is 4.39 Å². The van der Waals surface area contributed by atoms with Crippen molar-refractivity contribution in [2.45, 2.75) is 57.3 Å². The van der Waals surface area contributed by atoms with Gasteiger partial charge in [-0.25, -0.2) is 14.4 Å². The second-order valence-corrected chi connectivity index (χ2v) is 18.7. The molecule has 2 heterocycles. The molecule has 0 bridgehead atoms. The van der Waals surface area contributed by atoms with E-state index in [2.05, 4.69) is 60.1 Å². The van der Waals surface area contributed by atoms with Crippen molar-refractivity contribution in [3.63, 3.8) is 0 Å². The van der Waals surface area contributed by atoms with Crippen molar-refractivity contribution in [2.75, 3.05) is 12.9 Å². The minimum Gasteiger partial charge on any atom is -0.543 e. The number of ether oxygens (including phenoxy) is 1.